The molecule has 6 rings (SSSR count). The molecular weight excluding hydrogens is 973 g/mol. The third kappa shape index (κ3) is 20.7. The van der Waals surface area contributed by atoms with Crippen molar-refractivity contribution in [1.29, 1.82) is 0 Å². The molecule has 11 nitrogen and oxygen atoms in total. The van der Waals surface area contributed by atoms with E-state index in [0.29, 0.717) is 70.8 Å². The molecule has 2 saturated heterocycles. The Hall–Kier alpha value is -4.05. The summed E-state index contributed by atoms with van der Waals surface area (Å²) in [6.45, 7) is 4.82. The average molecular weight is 1060 g/mol. The number of esters is 2. The average Bonchev–Trinajstić information content (AvgIpc) is 3.87. The van der Waals surface area contributed by atoms with Crippen LogP contribution >= 0.6 is 0 Å². The number of hydrogen-bond acceptors (Lipinski definition) is 11. The number of carbonyl (C=O) groups is 5. The highest BCUT2D eigenvalue weighted by molar-refractivity contribution is 5.87. The number of fused-ring (bicyclic) bond motifs is 1. The molecule has 15 heteroatoms. The minimum atomic E-state index is -3.32. The number of unbranched alkanes of at least 4 members (excludes halogenated alkanes) is 8. The summed E-state index contributed by atoms with van der Waals surface area (Å²) in [4.78, 5) is 61.9. The minimum Gasteiger partial charge on any atom is -0.461 e. The molecule has 3 unspecified atom stereocenters. The molecule has 2 aliphatic heterocycles. The van der Waals surface area contributed by atoms with E-state index >= 15 is 0 Å². The van der Waals surface area contributed by atoms with Crippen molar-refractivity contribution >= 4 is 29.3 Å². The third-order valence-electron chi connectivity index (χ3n) is 15.4. The number of benzene rings is 2. The number of rotatable bonds is 31. The SMILES string of the molecule is C.CCCCC(F)(F)C(=O)CC[C@@H]1C(CCCCCCC(=O)OCc2ccccc2)C(=O)C[C@H]1OC1CCCCO1.CCCCC(F)(F)[C@@]1(O)CC[C@@H]2C(CCCCCCC(=O)OCc3ccccc3)C(=O)C[C@H]2O1. The Labute approximate surface area is 444 Å². The molecule has 4 aliphatic rings. The van der Waals surface area contributed by atoms with Crippen LogP contribution in [0.25, 0.3) is 0 Å². The van der Waals surface area contributed by atoms with E-state index in [0.717, 1.165) is 75.3 Å². The highest BCUT2D eigenvalue weighted by Gasteiger charge is 2.60. The molecule has 2 aromatic carbocycles. The zero-order valence-corrected chi connectivity index (χ0v) is 44.1. The van der Waals surface area contributed by atoms with E-state index in [1.165, 1.54) is 0 Å². The van der Waals surface area contributed by atoms with Gasteiger partial charge in [0.25, 0.3) is 0 Å². The molecule has 2 heterocycles. The van der Waals surface area contributed by atoms with E-state index in [2.05, 4.69) is 0 Å². The predicted molar refractivity (Wildman–Crippen MR) is 279 cm³/mol. The first-order valence-corrected chi connectivity index (χ1v) is 28.0. The minimum absolute atomic E-state index is 0. The van der Waals surface area contributed by atoms with Gasteiger partial charge < -0.3 is 28.8 Å². The molecule has 0 radical (unpaired) electrons. The summed E-state index contributed by atoms with van der Waals surface area (Å²) >= 11 is 0. The maximum Gasteiger partial charge on any atom is 0.306 e. The first-order valence-electron chi connectivity index (χ1n) is 28.0. The molecule has 2 saturated carbocycles. The van der Waals surface area contributed by atoms with Gasteiger partial charge in [-0.25, -0.2) is 8.78 Å². The molecule has 0 spiro atoms. The molecule has 75 heavy (non-hydrogen) atoms. The third-order valence-corrected chi connectivity index (χ3v) is 15.4. The second-order valence-corrected chi connectivity index (χ2v) is 21.1. The number of ketones is 3. The van der Waals surface area contributed by atoms with Gasteiger partial charge in [-0.15, -0.1) is 0 Å². The molecule has 4 fully saturated rings. The maximum absolute atomic E-state index is 14.6. The first-order chi connectivity index (χ1) is 35.6. The Morgan fingerprint density at radius 2 is 1.21 bits per heavy atom. The fourth-order valence-electron chi connectivity index (χ4n) is 11.0. The zero-order valence-electron chi connectivity index (χ0n) is 44.1. The fourth-order valence-corrected chi connectivity index (χ4v) is 11.0. The normalized spacial score (nSPS) is 24.7. The molecule has 0 amide bonds. The van der Waals surface area contributed by atoms with Crippen LogP contribution in [0.3, 0.4) is 0 Å². The summed E-state index contributed by atoms with van der Waals surface area (Å²) in [6.07, 6.45) is 11.5. The van der Waals surface area contributed by atoms with E-state index in [9.17, 15) is 46.6 Å². The lowest BCUT2D eigenvalue weighted by molar-refractivity contribution is -0.356. The molecule has 2 aliphatic carbocycles. The van der Waals surface area contributed by atoms with Crippen molar-refractivity contribution in [1.82, 2.24) is 0 Å². The largest absolute Gasteiger partial charge is 0.461 e. The lowest BCUT2D eigenvalue weighted by Crippen LogP contribution is -2.55. The van der Waals surface area contributed by atoms with Gasteiger partial charge in [0.05, 0.1) is 12.2 Å². The van der Waals surface area contributed by atoms with Crippen LogP contribution in [0.4, 0.5) is 17.6 Å². The highest BCUT2D eigenvalue weighted by atomic mass is 19.3. The predicted octanol–water partition coefficient (Wildman–Crippen LogP) is 14.0. The van der Waals surface area contributed by atoms with Crippen molar-refractivity contribution in [2.45, 2.75) is 244 Å². The summed E-state index contributed by atoms with van der Waals surface area (Å²) in [5, 5.41) is 10.5. The molecule has 0 aromatic heterocycles. The number of Topliss-reactive ketones (excluding diaryl/α,β-unsaturated/α-hetero) is 3. The van der Waals surface area contributed by atoms with Gasteiger partial charge in [0.1, 0.15) is 24.8 Å². The lowest BCUT2D eigenvalue weighted by atomic mass is 9.81. The van der Waals surface area contributed by atoms with Gasteiger partial charge in [-0.2, -0.15) is 8.78 Å². The first kappa shape index (κ1) is 63.5. The maximum atomic E-state index is 14.6. The molecule has 422 valence electrons. The molecule has 0 bridgehead atoms. The number of hydrogen-bond donors (Lipinski definition) is 1. The quantitative estimate of drug-likeness (QED) is 0.0436. The van der Waals surface area contributed by atoms with E-state index < -0.39 is 48.5 Å². The summed E-state index contributed by atoms with van der Waals surface area (Å²) < 4.78 is 85.8. The summed E-state index contributed by atoms with van der Waals surface area (Å²) in [5.41, 5.74) is 1.92. The van der Waals surface area contributed by atoms with Gasteiger partial charge in [0.2, 0.25) is 11.6 Å². The van der Waals surface area contributed by atoms with Crippen LogP contribution < -0.4 is 0 Å². The Bertz CT molecular complexity index is 2000. The van der Waals surface area contributed by atoms with Crippen molar-refractivity contribution in [3.05, 3.63) is 71.8 Å². The zero-order chi connectivity index (χ0) is 53.4. The van der Waals surface area contributed by atoms with Crippen molar-refractivity contribution < 1.29 is 70.3 Å². The van der Waals surface area contributed by atoms with Gasteiger partial charge in [0.15, 0.2) is 6.29 Å². The van der Waals surface area contributed by atoms with Crippen LogP contribution in [-0.2, 0) is 60.9 Å². The lowest BCUT2D eigenvalue weighted by Gasteiger charge is -2.43. The summed E-state index contributed by atoms with van der Waals surface area (Å²) in [7, 11) is 0. The van der Waals surface area contributed by atoms with Crippen LogP contribution in [-0.4, -0.2) is 77.1 Å². The van der Waals surface area contributed by atoms with Crippen LogP contribution in [0, 0.1) is 23.7 Å². The van der Waals surface area contributed by atoms with Gasteiger partial charge in [-0.1, -0.05) is 133 Å². The topological polar surface area (TPSA) is 152 Å². The monoisotopic (exact) mass is 1060 g/mol. The standard InChI is InChI=1S/C32H46F2O6.C27H38F2O5.CH4/c1-2-3-20-32(33,34)29(36)19-18-26-25(27(35)22-28(26)40-31-17-11-12-21-38-31)15-9-4-5-10-16-30(37)39-23-24-13-7-6-8-14-24;1-2-3-16-26(28,29)27(32)17-15-22-21(23(30)18-24(22)34-27)13-9-4-5-10-14-25(31)33-19-20-11-7-6-8-12-20;/h6-8,13-14,25-26,28,31H,2-5,9-12,15-23H2,1H3;6-8,11-12,21-22,24,32H,2-5,9-10,13-19H2,1H3;1H4/t25?,26-,28-,31?;21?,22-,24-,27-;/m11./s1. The van der Waals surface area contributed by atoms with E-state index in [-0.39, 0.29) is 106 Å². The number of ether oxygens (including phenoxy) is 5. The number of aliphatic hydroxyl groups is 1. The summed E-state index contributed by atoms with van der Waals surface area (Å²) in [6, 6.07) is 19.1. The number of carbonyl (C=O) groups excluding carboxylic acids is 5. The van der Waals surface area contributed by atoms with E-state index in [1.54, 1.807) is 0 Å². The Balaban J connectivity index is 0.000000324. The van der Waals surface area contributed by atoms with Gasteiger partial charge >= 0.3 is 23.8 Å². The summed E-state index contributed by atoms with van der Waals surface area (Å²) in [5.74, 6) is -11.3. The smallest absolute Gasteiger partial charge is 0.306 e. The Morgan fingerprint density at radius 3 is 1.77 bits per heavy atom. The Kier molecular flexibility index (Phi) is 27.6. The van der Waals surface area contributed by atoms with E-state index in [1.807, 2.05) is 74.5 Å². The van der Waals surface area contributed by atoms with Crippen LogP contribution in [0.5, 0.6) is 0 Å². The van der Waals surface area contributed by atoms with E-state index in [4.69, 9.17) is 23.7 Å². The van der Waals surface area contributed by atoms with Crippen LogP contribution in [0.15, 0.2) is 60.7 Å². The molecule has 2 aromatic rings. The van der Waals surface area contributed by atoms with Gasteiger partial charge in [-0.05, 0) is 93.6 Å². The fraction of sp³-hybridized carbons (Fsp3) is 0.717. The molecular formula is C60H88F4O11. The highest BCUT2D eigenvalue weighted by Crippen LogP contribution is 2.50. The van der Waals surface area contributed by atoms with Crippen molar-refractivity contribution in [2.75, 3.05) is 6.61 Å². The van der Waals surface area contributed by atoms with Crippen molar-refractivity contribution in [2.24, 2.45) is 23.7 Å². The van der Waals surface area contributed by atoms with Crippen LogP contribution in [0.1, 0.15) is 206 Å². The Morgan fingerprint density at radius 1 is 0.667 bits per heavy atom. The second kappa shape index (κ2) is 32.6. The number of alkyl halides is 4. The van der Waals surface area contributed by atoms with Gasteiger partial charge in [0, 0.05) is 69.8 Å². The van der Waals surface area contributed by atoms with Crippen molar-refractivity contribution in [3.63, 3.8) is 0 Å². The molecule has 8 atom stereocenters. The van der Waals surface area contributed by atoms with Crippen LogP contribution in [0.2, 0.25) is 0 Å². The van der Waals surface area contributed by atoms with Gasteiger partial charge in [-0.3, -0.25) is 24.0 Å². The second-order valence-electron chi connectivity index (χ2n) is 21.1. The number of halogens is 4. The van der Waals surface area contributed by atoms with Crippen molar-refractivity contribution in [3.8, 4) is 0 Å². The molecule has 1 N–H and O–H groups in total.